The second kappa shape index (κ2) is 4.40. The fourth-order valence-corrected chi connectivity index (χ4v) is 0.924. The summed E-state index contributed by atoms with van der Waals surface area (Å²) in [6.45, 7) is 1.92. The molecule has 0 saturated heterocycles. The van der Waals surface area contributed by atoms with E-state index in [9.17, 15) is 4.79 Å². The average Bonchev–Trinajstić information content (AvgIpc) is 2.12. The van der Waals surface area contributed by atoms with Crippen LogP contribution in [0, 0.1) is 6.92 Å². The number of nitrogens with zero attached hydrogens (tertiary/aromatic N) is 1. The lowest BCUT2D eigenvalue weighted by molar-refractivity contribution is -0.107. The third kappa shape index (κ3) is 2.71. The lowest BCUT2D eigenvalue weighted by Crippen LogP contribution is -1.92. The van der Waals surface area contributed by atoms with Crippen molar-refractivity contribution in [1.82, 2.24) is 4.98 Å². The van der Waals surface area contributed by atoms with Crippen molar-refractivity contribution >= 4 is 18.0 Å². The minimum absolute atomic E-state index is 0.422. The monoisotopic (exact) mass is 176 g/mol. The molecule has 2 N–H and O–H groups in total. The minimum atomic E-state index is 0.422. The van der Waals surface area contributed by atoms with Crippen LogP contribution in [0.3, 0.4) is 0 Å². The van der Waals surface area contributed by atoms with Gasteiger partial charge in [-0.05, 0) is 24.6 Å². The van der Waals surface area contributed by atoms with Gasteiger partial charge in [0.1, 0.15) is 6.29 Å². The van der Waals surface area contributed by atoms with Gasteiger partial charge in [0.15, 0.2) is 0 Å². The zero-order valence-corrected chi connectivity index (χ0v) is 7.53. The number of nitrogen functional groups attached to an aromatic ring is 1. The smallest absolute Gasteiger partial charge is 0.123 e. The maximum absolute atomic E-state index is 10.0. The molecule has 1 heterocycles. The van der Waals surface area contributed by atoms with E-state index in [1.54, 1.807) is 18.3 Å². The molecule has 0 radical (unpaired) electrons. The Kier molecular flexibility index (Phi) is 3.20. The fraction of sp³-hybridized carbons (Fsp3) is 0.200. The first-order chi connectivity index (χ1) is 6.24. The molecule has 1 aromatic rings. The third-order valence-electron chi connectivity index (χ3n) is 1.69. The summed E-state index contributed by atoms with van der Waals surface area (Å²) in [7, 11) is 0. The largest absolute Gasteiger partial charge is 0.397 e. The van der Waals surface area contributed by atoms with Crippen LogP contribution in [0.4, 0.5) is 5.69 Å². The van der Waals surface area contributed by atoms with Gasteiger partial charge in [-0.3, -0.25) is 4.98 Å². The van der Waals surface area contributed by atoms with Crippen LogP contribution in [0.2, 0.25) is 0 Å². The van der Waals surface area contributed by atoms with E-state index in [4.69, 9.17) is 5.73 Å². The Hall–Kier alpha value is -1.64. The first kappa shape index (κ1) is 9.45. The number of aryl methyl sites for hydroxylation is 1. The van der Waals surface area contributed by atoms with Crippen LogP contribution in [0.25, 0.3) is 6.08 Å². The Balaban J connectivity index is 2.79. The van der Waals surface area contributed by atoms with E-state index >= 15 is 0 Å². The highest BCUT2D eigenvalue weighted by atomic mass is 16.1. The molecule has 0 aliphatic rings. The molecule has 0 bridgehead atoms. The summed E-state index contributed by atoms with van der Waals surface area (Å²) >= 11 is 0. The van der Waals surface area contributed by atoms with Gasteiger partial charge >= 0.3 is 0 Å². The van der Waals surface area contributed by atoms with Crippen LogP contribution in [0.1, 0.15) is 17.7 Å². The van der Waals surface area contributed by atoms with Crippen LogP contribution in [0.15, 0.2) is 18.3 Å². The first-order valence-corrected chi connectivity index (χ1v) is 4.06. The van der Waals surface area contributed by atoms with Gasteiger partial charge in [0.2, 0.25) is 0 Å². The van der Waals surface area contributed by atoms with Crippen molar-refractivity contribution in [2.45, 2.75) is 13.3 Å². The van der Waals surface area contributed by atoms with Crippen molar-refractivity contribution in [3.63, 3.8) is 0 Å². The van der Waals surface area contributed by atoms with Gasteiger partial charge in [0.05, 0.1) is 17.6 Å². The predicted octanol–water partition coefficient (Wildman–Crippen LogP) is 1.57. The molecule has 0 atom stereocenters. The van der Waals surface area contributed by atoms with E-state index in [1.165, 1.54) is 0 Å². The molecule has 0 fully saturated rings. The van der Waals surface area contributed by atoms with Gasteiger partial charge in [-0.25, -0.2) is 0 Å². The van der Waals surface area contributed by atoms with Crippen molar-refractivity contribution in [3.8, 4) is 0 Å². The molecule has 3 heteroatoms. The van der Waals surface area contributed by atoms with Crippen molar-refractivity contribution in [2.24, 2.45) is 0 Å². The van der Waals surface area contributed by atoms with E-state index in [1.807, 2.05) is 13.0 Å². The van der Waals surface area contributed by atoms with Crippen LogP contribution < -0.4 is 5.73 Å². The molecular formula is C10H12N2O. The lowest BCUT2D eigenvalue weighted by Gasteiger charge is -1.99. The maximum atomic E-state index is 10.0. The number of allylic oxidation sites excluding steroid dienone is 1. The molecule has 0 unspecified atom stereocenters. The number of carbonyl (C=O) groups is 1. The minimum Gasteiger partial charge on any atom is -0.397 e. The topological polar surface area (TPSA) is 56.0 Å². The molecule has 1 rings (SSSR count). The highest BCUT2D eigenvalue weighted by molar-refractivity contribution is 5.58. The number of hydrogen-bond acceptors (Lipinski definition) is 3. The Morgan fingerprint density at radius 1 is 1.62 bits per heavy atom. The molecule has 13 heavy (non-hydrogen) atoms. The summed E-state index contributed by atoms with van der Waals surface area (Å²) in [6, 6.07) is 1.89. The number of nitrogens with two attached hydrogens (primary N) is 1. The van der Waals surface area contributed by atoms with Crippen LogP contribution in [-0.4, -0.2) is 11.3 Å². The molecule has 0 aromatic carbocycles. The number of carbonyl (C=O) groups excluding carboxylic acids is 1. The van der Waals surface area contributed by atoms with E-state index < -0.39 is 0 Å². The Morgan fingerprint density at radius 2 is 2.38 bits per heavy atom. The zero-order chi connectivity index (χ0) is 9.68. The van der Waals surface area contributed by atoms with Crippen LogP contribution in [0.5, 0.6) is 0 Å². The van der Waals surface area contributed by atoms with Crippen LogP contribution in [-0.2, 0) is 4.79 Å². The standard InChI is InChI=1S/C10H12N2O/c1-8-6-9(4-2-3-5-13)12-7-10(8)11/h2,4-7H,3,11H2,1H3. The second-order valence-electron chi connectivity index (χ2n) is 2.77. The van der Waals surface area contributed by atoms with E-state index in [0.29, 0.717) is 12.1 Å². The molecule has 68 valence electrons. The molecule has 0 amide bonds. The number of aldehydes is 1. The molecule has 3 nitrogen and oxygen atoms in total. The number of anilines is 1. The predicted molar refractivity (Wildman–Crippen MR) is 53.1 cm³/mol. The summed E-state index contributed by atoms with van der Waals surface area (Å²) in [6.07, 6.45) is 6.47. The normalized spacial score (nSPS) is 10.5. The summed E-state index contributed by atoms with van der Waals surface area (Å²) in [5.74, 6) is 0. The summed E-state index contributed by atoms with van der Waals surface area (Å²) < 4.78 is 0. The Labute approximate surface area is 77.3 Å². The molecular weight excluding hydrogens is 164 g/mol. The van der Waals surface area contributed by atoms with E-state index in [-0.39, 0.29) is 0 Å². The third-order valence-corrected chi connectivity index (χ3v) is 1.69. The Morgan fingerprint density at radius 3 is 3.00 bits per heavy atom. The van der Waals surface area contributed by atoms with E-state index in [0.717, 1.165) is 17.5 Å². The Bertz CT molecular complexity index is 332. The second-order valence-corrected chi connectivity index (χ2v) is 2.77. The van der Waals surface area contributed by atoms with Gasteiger partial charge in [-0.1, -0.05) is 6.08 Å². The van der Waals surface area contributed by atoms with Crippen molar-refractivity contribution in [1.29, 1.82) is 0 Å². The molecule has 0 aliphatic carbocycles. The lowest BCUT2D eigenvalue weighted by atomic mass is 10.2. The summed E-state index contributed by atoms with van der Waals surface area (Å²) in [5, 5.41) is 0. The quantitative estimate of drug-likeness (QED) is 0.711. The number of pyridine rings is 1. The highest BCUT2D eigenvalue weighted by Gasteiger charge is 1.93. The number of rotatable bonds is 3. The highest BCUT2D eigenvalue weighted by Crippen LogP contribution is 2.10. The molecule has 0 spiro atoms. The average molecular weight is 176 g/mol. The summed E-state index contributed by atoms with van der Waals surface area (Å²) in [4.78, 5) is 14.1. The summed E-state index contributed by atoms with van der Waals surface area (Å²) in [5.41, 5.74) is 8.12. The zero-order valence-electron chi connectivity index (χ0n) is 7.53. The van der Waals surface area contributed by atoms with Gasteiger partial charge in [-0.15, -0.1) is 0 Å². The van der Waals surface area contributed by atoms with Gasteiger partial charge in [0.25, 0.3) is 0 Å². The van der Waals surface area contributed by atoms with E-state index in [2.05, 4.69) is 4.98 Å². The van der Waals surface area contributed by atoms with Crippen molar-refractivity contribution in [2.75, 3.05) is 5.73 Å². The first-order valence-electron chi connectivity index (χ1n) is 4.06. The SMILES string of the molecule is Cc1cc(C=CCC=O)ncc1N. The van der Waals surface area contributed by atoms with Crippen molar-refractivity contribution < 1.29 is 4.79 Å². The maximum Gasteiger partial charge on any atom is 0.123 e. The van der Waals surface area contributed by atoms with Crippen molar-refractivity contribution in [3.05, 3.63) is 29.6 Å². The fourth-order valence-electron chi connectivity index (χ4n) is 0.924. The molecule has 0 aliphatic heterocycles. The van der Waals surface area contributed by atoms with Gasteiger partial charge in [0, 0.05) is 6.42 Å². The molecule has 1 aromatic heterocycles. The van der Waals surface area contributed by atoms with Gasteiger partial charge in [-0.2, -0.15) is 0 Å². The van der Waals surface area contributed by atoms with Gasteiger partial charge < -0.3 is 10.5 Å². The van der Waals surface area contributed by atoms with Crippen LogP contribution >= 0.6 is 0 Å². The molecule has 0 saturated carbocycles. The number of aromatic nitrogens is 1. The number of hydrogen-bond donors (Lipinski definition) is 1.